The number of hydrogen-bond acceptors (Lipinski definition) is 4. The second-order valence-electron chi connectivity index (χ2n) is 3.50. The van der Waals surface area contributed by atoms with Gasteiger partial charge in [0.15, 0.2) is 0 Å². The van der Waals surface area contributed by atoms with E-state index in [1.54, 1.807) is 7.11 Å². The van der Waals surface area contributed by atoms with Crippen LogP contribution in [0.15, 0.2) is 12.1 Å². The Morgan fingerprint density at radius 1 is 1.53 bits per heavy atom. The molecule has 0 aliphatic carbocycles. The molecule has 0 saturated heterocycles. The number of nitrogens with two attached hydrogens (primary N) is 1. The van der Waals surface area contributed by atoms with Crippen LogP contribution in [-0.4, -0.2) is 23.9 Å². The molecule has 0 radical (unpaired) electrons. The topological polar surface area (TPSA) is 48.1 Å². The molecule has 1 atom stereocenters. The van der Waals surface area contributed by atoms with Crippen LogP contribution in [0.25, 0.3) is 0 Å². The average molecular weight is 226 g/mol. The van der Waals surface area contributed by atoms with Gasteiger partial charge in [0.05, 0.1) is 12.8 Å². The lowest BCUT2D eigenvalue weighted by molar-refractivity contribution is 0.413. The van der Waals surface area contributed by atoms with Crippen molar-refractivity contribution in [3.63, 3.8) is 0 Å². The molecule has 2 N–H and O–H groups in total. The molecule has 3 nitrogen and oxygen atoms in total. The van der Waals surface area contributed by atoms with E-state index in [9.17, 15) is 0 Å². The van der Waals surface area contributed by atoms with Crippen LogP contribution in [0.1, 0.15) is 18.3 Å². The van der Waals surface area contributed by atoms with Gasteiger partial charge in [-0.15, -0.1) is 0 Å². The molecule has 1 unspecified atom stereocenters. The van der Waals surface area contributed by atoms with Gasteiger partial charge in [-0.1, -0.05) is 6.92 Å². The van der Waals surface area contributed by atoms with Crippen molar-refractivity contribution in [2.24, 2.45) is 5.73 Å². The van der Waals surface area contributed by atoms with E-state index >= 15 is 0 Å². The molecule has 84 valence electrons. The Labute approximate surface area is 95.4 Å². The Kier molecular flexibility index (Phi) is 4.91. The number of rotatable bonds is 5. The normalized spacial score (nSPS) is 12.5. The first-order chi connectivity index (χ1) is 7.15. The van der Waals surface area contributed by atoms with Crippen molar-refractivity contribution in [3.8, 4) is 5.75 Å². The van der Waals surface area contributed by atoms with Crippen molar-refractivity contribution in [3.05, 3.63) is 23.5 Å². The van der Waals surface area contributed by atoms with Crippen LogP contribution in [0.2, 0.25) is 0 Å². The minimum absolute atomic E-state index is 0.471. The number of pyridine rings is 1. The molecule has 0 fully saturated rings. The summed E-state index contributed by atoms with van der Waals surface area (Å²) in [5, 5.41) is 0.471. The fourth-order valence-corrected chi connectivity index (χ4v) is 1.93. The molecule has 1 aromatic rings. The van der Waals surface area contributed by atoms with Gasteiger partial charge < -0.3 is 10.5 Å². The molecule has 1 aromatic heterocycles. The zero-order valence-corrected chi connectivity index (χ0v) is 10.3. The summed E-state index contributed by atoms with van der Waals surface area (Å²) in [5.41, 5.74) is 7.60. The van der Waals surface area contributed by atoms with Crippen LogP contribution in [0, 0.1) is 6.92 Å². The Bertz CT molecular complexity index is 317. The number of methoxy groups -OCH3 is 1. The largest absolute Gasteiger partial charge is 0.497 e. The number of aryl methyl sites for hydroxylation is 1. The third-order valence-electron chi connectivity index (χ3n) is 2.06. The minimum Gasteiger partial charge on any atom is -0.497 e. The average Bonchev–Trinajstić information content (AvgIpc) is 2.25. The fourth-order valence-electron chi connectivity index (χ4n) is 1.19. The maximum Gasteiger partial charge on any atom is 0.122 e. The zero-order chi connectivity index (χ0) is 11.3. The standard InChI is InChI=1S/C11H18N2OS/c1-8-4-11(14-3)5-10(13-8)7-15-9(2)6-12/h4-5,9H,6-7,12H2,1-3H3. The Morgan fingerprint density at radius 2 is 2.27 bits per heavy atom. The van der Waals surface area contributed by atoms with E-state index in [1.807, 2.05) is 30.8 Å². The van der Waals surface area contributed by atoms with Gasteiger partial charge in [-0.25, -0.2) is 0 Å². The van der Waals surface area contributed by atoms with Gasteiger partial charge in [-0.05, 0) is 6.92 Å². The van der Waals surface area contributed by atoms with Crippen molar-refractivity contribution in [1.82, 2.24) is 4.98 Å². The molecule has 0 spiro atoms. The summed E-state index contributed by atoms with van der Waals surface area (Å²) in [4.78, 5) is 4.45. The number of thioether (sulfide) groups is 1. The van der Waals surface area contributed by atoms with Crippen LogP contribution in [0.4, 0.5) is 0 Å². The molecule has 0 bridgehead atoms. The predicted octanol–water partition coefficient (Wildman–Crippen LogP) is 1.98. The Morgan fingerprint density at radius 3 is 2.87 bits per heavy atom. The summed E-state index contributed by atoms with van der Waals surface area (Å²) in [6, 6.07) is 3.91. The van der Waals surface area contributed by atoms with Gasteiger partial charge in [0.25, 0.3) is 0 Å². The molecule has 4 heteroatoms. The van der Waals surface area contributed by atoms with Gasteiger partial charge in [0.2, 0.25) is 0 Å². The number of hydrogen-bond donors (Lipinski definition) is 1. The monoisotopic (exact) mass is 226 g/mol. The lowest BCUT2D eigenvalue weighted by Crippen LogP contribution is -2.12. The smallest absolute Gasteiger partial charge is 0.122 e. The second kappa shape index (κ2) is 5.98. The van der Waals surface area contributed by atoms with Crippen LogP contribution in [-0.2, 0) is 5.75 Å². The highest BCUT2D eigenvalue weighted by Gasteiger charge is 2.04. The summed E-state index contributed by atoms with van der Waals surface area (Å²) in [6.07, 6.45) is 0. The highest BCUT2D eigenvalue weighted by Crippen LogP contribution is 2.19. The van der Waals surface area contributed by atoms with Gasteiger partial charge in [0.1, 0.15) is 5.75 Å². The van der Waals surface area contributed by atoms with Gasteiger partial charge in [-0.3, -0.25) is 4.98 Å². The molecule has 15 heavy (non-hydrogen) atoms. The predicted molar refractivity (Wildman–Crippen MR) is 65.3 cm³/mol. The van der Waals surface area contributed by atoms with Gasteiger partial charge >= 0.3 is 0 Å². The molecule has 0 saturated carbocycles. The highest BCUT2D eigenvalue weighted by atomic mass is 32.2. The van der Waals surface area contributed by atoms with Crippen LogP contribution in [0.3, 0.4) is 0 Å². The summed E-state index contributed by atoms with van der Waals surface area (Å²) >= 11 is 1.81. The Balaban J connectivity index is 2.64. The number of ether oxygens (including phenoxy) is 1. The van der Waals surface area contributed by atoms with Crippen LogP contribution >= 0.6 is 11.8 Å². The summed E-state index contributed by atoms with van der Waals surface area (Å²) in [6.45, 7) is 4.80. The lowest BCUT2D eigenvalue weighted by Gasteiger charge is -2.09. The molecule has 0 amide bonds. The third-order valence-corrected chi connectivity index (χ3v) is 3.29. The number of aromatic nitrogens is 1. The van der Waals surface area contributed by atoms with Crippen LogP contribution in [0.5, 0.6) is 5.75 Å². The van der Waals surface area contributed by atoms with E-state index in [4.69, 9.17) is 10.5 Å². The van der Waals surface area contributed by atoms with Crippen LogP contribution < -0.4 is 10.5 Å². The molecule has 1 heterocycles. The lowest BCUT2D eigenvalue weighted by atomic mass is 10.3. The Hall–Kier alpha value is -0.740. The minimum atomic E-state index is 0.471. The van der Waals surface area contributed by atoms with Crippen molar-refractivity contribution >= 4 is 11.8 Å². The first kappa shape index (κ1) is 12.3. The first-order valence-electron chi connectivity index (χ1n) is 4.99. The van der Waals surface area contributed by atoms with E-state index in [2.05, 4.69) is 11.9 Å². The van der Waals surface area contributed by atoms with Gasteiger partial charge in [0, 0.05) is 35.4 Å². The molecule has 1 rings (SSSR count). The van der Waals surface area contributed by atoms with E-state index in [1.165, 1.54) is 0 Å². The van der Waals surface area contributed by atoms with E-state index in [0.717, 1.165) is 22.9 Å². The first-order valence-corrected chi connectivity index (χ1v) is 6.03. The molecule has 0 aliphatic rings. The van der Waals surface area contributed by atoms with E-state index < -0.39 is 0 Å². The van der Waals surface area contributed by atoms with Crippen molar-refractivity contribution in [2.45, 2.75) is 24.9 Å². The third kappa shape index (κ3) is 4.10. The maximum absolute atomic E-state index is 5.56. The summed E-state index contributed by atoms with van der Waals surface area (Å²) in [7, 11) is 1.67. The van der Waals surface area contributed by atoms with Crippen molar-refractivity contribution < 1.29 is 4.74 Å². The molecular formula is C11H18N2OS. The van der Waals surface area contributed by atoms with E-state index in [-0.39, 0.29) is 0 Å². The van der Waals surface area contributed by atoms with E-state index in [0.29, 0.717) is 11.8 Å². The summed E-state index contributed by atoms with van der Waals surface area (Å²) < 4.78 is 5.19. The highest BCUT2D eigenvalue weighted by molar-refractivity contribution is 7.99. The van der Waals surface area contributed by atoms with Crippen molar-refractivity contribution in [1.29, 1.82) is 0 Å². The molecule has 0 aromatic carbocycles. The maximum atomic E-state index is 5.56. The fraction of sp³-hybridized carbons (Fsp3) is 0.545. The molecule has 0 aliphatic heterocycles. The SMILES string of the molecule is COc1cc(C)nc(CSC(C)CN)c1. The number of nitrogens with zero attached hydrogens (tertiary/aromatic N) is 1. The quantitative estimate of drug-likeness (QED) is 0.834. The molecular weight excluding hydrogens is 208 g/mol. The summed E-state index contributed by atoms with van der Waals surface area (Å²) in [5.74, 6) is 1.76. The van der Waals surface area contributed by atoms with Crippen molar-refractivity contribution in [2.75, 3.05) is 13.7 Å². The zero-order valence-electron chi connectivity index (χ0n) is 9.49. The second-order valence-corrected chi connectivity index (χ2v) is 4.92. The van der Waals surface area contributed by atoms with Gasteiger partial charge in [-0.2, -0.15) is 11.8 Å².